The van der Waals surface area contributed by atoms with E-state index in [9.17, 15) is 9.90 Å². The molecule has 0 bridgehead atoms. The Morgan fingerprint density at radius 1 is 0.811 bits per heavy atom. The average molecular weight is 492 g/mol. The maximum absolute atomic E-state index is 12.4. The van der Waals surface area contributed by atoms with Crippen molar-refractivity contribution < 1.29 is 9.90 Å². The first kappa shape index (κ1) is 24.1. The van der Waals surface area contributed by atoms with Crippen LogP contribution in [0, 0.1) is 6.92 Å². The zero-order chi connectivity index (χ0) is 26.2. The molecule has 1 aromatic heterocycles. The van der Waals surface area contributed by atoms with Crippen molar-refractivity contribution >= 4 is 34.0 Å². The Kier molecular flexibility index (Phi) is 6.13. The Hall–Kier alpha value is -4.65. The van der Waals surface area contributed by atoms with Crippen LogP contribution in [-0.2, 0) is 5.41 Å². The fourth-order valence-electron chi connectivity index (χ4n) is 4.18. The van der Waals surface area contributed by atoms with Crippen molar-refractivity contribution in [3.05, 3.63) is 102 Å². The maximum Gasteiger partial charge on any atom is 0.255 e. The van der Waals surface area contributed by atoms with Crippen LogP contribution in [0.15, 0.2) is 84.9 Å². The second-order valence-corrected chi connectivity index (χ2v) is 10.1. The number of fused-ring (bicyclic) bond motifs is 1. The summed E-state index contributed by atoms with van der Waals surface area (Å²) in [6.45, 7) is 8.21. The van der Waals surface area contributed by atoms with Gasteiger partial charge in [-0.3, -0.25) is 4.79 Å². The van der Waals surface area contributed by atoms with Crippen LogP contribution in [0.4, 0.5) is 17.1 Å². The lowest BCUT2D eigenvalue weighted by Crippen LogP contribution is -2.13. The molecule has 186 valence electrons. The summed E-state index contributed by atoms with van der Waals surface area (Å²) < 4.78 is 0. The van der Waals surface area contributed by atoms with Crippen molar-refractivity contribution in [3.63, 3.8) is 0 Å². The van der Waals surface area contributed by atoms with Crippen molar-refractivity contribution in [2.45, 2.75) is 33.1 Å². The van der Waals surface area contributed by atoms with Gasteiger partial charge in [0.1, 0.15) is 22.5 Å². The van der Waals surface area contributed by atoms with E-state index in [2.05, 4.69) is 41.6 Å². The summed E-state index contributed by atoms with van der Waals surface area (Å²) in [7, 11) is 0. The van der Waals surface area contributed by atoms with Gasteiger partial charge >= 0.3 is 0 Å². The molecule has 0 saturated carbocycles. The summed E-state index contributed by atoms with van der Waals surface area (Å²) in [5.74, 6) is 0.0420. The number of anilines is 3. The normalized spacial score (nSPS) is 11.5. The number of carbonyl (C=O) groups excluding carboxylic acids is 1. The van der Waals surface area contributed by atoms with Crippen LogP contribution in [0.3, 0.4) is 0 Å². The molecule has 0 spiro atoms. The average Bonchev–Trinajstić information content (AvgIpc) is 3.29. The zero-order valence-electron chi connectivity index (χ0n) is 21.3. The molecule has 37 heavy (non-hydrogen) atoms. The number of nitrogens with zero attached hydrogens (tertiary/aromatic N) is 3. The molecule has 0 aliphatic rings. The Balaban J connectivity index is 1.35. The van der Waals surface area contributed by atoms with Gasteiger partial charge in [-0.15, -0.1) is 15.0 Å². The first-order valence-electron chi connectivity index (χ1n) is 12.1. The van der Waals surface area contributed by atoms with Gasteiger partial charge in [0.05, 0.1) is 0 Å². The SMILES string of the molecule is Cc1cc(-n2nc3ccc(Nc4ccc(NC(=O)c5ccccc5)cc4)cc3n2)c(O)c(C(C)(C)C)c1. The number of amides is 1. The van der Waals surface area contributed by atoms with Gasteiger partial charge in [-0.25, -0.2) is 0 Å². The van der Waals surface area contributed by atoms with Crippen LogP contribution in [0.25, 0.3) is 16.7 Å². The third kappa shape index (κ3) is 5.16. The second kappa shape index (κ2) is 9.43. The lowest BCUT2D eigenvalue weighted by atomic mass is 9.85. The molecule has 7 heteroatoms. The first-order valence-corrected chi connectivity index (χ1v) is 12.1. The standard InChI is InChI=1S/C30H29N5O2/c1-19-16-24(30(2,3)4)28(36)27(17-19)35-33-25-15-14-23(18-26(25)34-35)31-21-10-12-22(13-11-21)32-29(37)20-8-6-5-7-9-20/h5-18,31,36H,1-4H3,(H,32,37). The summed E-state index contributed by atoms with van der Waals surface area (Å²) in [6, 6.07) is 26.3. The van der Waals surface area contributed by atoms with Gasteiger partial charge in [0, 0.05) is 28.2 Å². The molecule has 5 rings (SSSR count). The highest BCUT2D eigenvalue weighted by atomic mass is 16.3. The van der Waals surface area contributed by atoms with E-state index < -0.39 is 0 Å². The predicted molar refractivity (Wildman–Crippen MR) is 148 cm³/mol. The summed E-state index contributed by atoms with van der Waals surface area (Å²) in [4.78, 5) is 13.9. The summed E-state index contributed by atoms with van der Waals surface area (Å²) >= 11 is 0. The molecule has 0 fully saturated rings. The molecule has 0 unspecified atom stereocenters. The van der Waals surface area contributed by atoms with Gasteiger partial charge in [0.15, 0.2) is 0 Å². The van der Waals surface area contributed by atoms with E-state index in [4.69, 9.17) is 0 Å². The van der Waals surface area contributed by atoms with Crippen molar-refractivity contribution in [2.24, 2.45) is 0 Å². The maximum atomic E-state index is 12.4. The van der Waals surface area contributed by atoms with Gasteiger partial charge in [0.2, 0.25) is 0 Å². The largest absolute Gasteiger partial charge is 0.505 e. The van der Waals surface area contributed by atoms with Crippen molar-refractivity contribution in [1.29, 1.82) is 0 Å². The third-order valence-corrected chi connectivity index (χ3v) is 6.11. The van der Waals surface area contributed by atoms with E-state index in [-0.39, 0.29) is 17.1 Å². The lowest BCUT2D eigenvalue weighted by molar-refractivity contribution is 0.102. The third-order valence-electron chi connectivity index (χ3n) is 6.11. The number of aromatic nitrogens is 3. The minimum Gasteiger partial charge on any atom is -0.505 e. The number of aryl methyl sites for hydroxylation is 1. The highest BCUT2D eigenvalue weighted by Crippen LogP contribution is 2.36. The van der Waals surface area contributed by atoms with Crippen LogP contribution in [0.5, 0.6) is 5.75 Å². The van der Waals surface area contributed by atoms with Crippen LogP contribution in [0.1, 0.15) is 42.3 Å². The molecule has 5 aromatic rings. The molecule has 0 radical (unpaired) electrons. The molecule has 1 amide bonds. The van der Waals surface area contributed by atoms with Crippen molar-refractivity contribution in [1.82, 2.24) is 15.0 Å². The Morgan fingerprint density at radius 3 is 2.16 bits per heavy atom. The molecule has 7 nitrogen and oxygen atoms in total. The van der Waals surface area contributed by atoms with Gasteiger partial charge in [-0.05, 0) is 78.6 Å². The molecule has 0 aliphatic carbocycles. The quantitative estimate of drug-likeness (QED) is 0.254. The molecule has 4 aromatic carbocycles. The second-order valence-electron chi connectivity index (χ2n) is 10.1. The van der Waals surface area contributed by atoms with Crippen molar-refractivity contribution in [3.8, 4) is 11.4 Å². The summed E-state index contributed by atoms with van der Waals surface area (Å²) in [5.41, 5.74) is 6.71. The highest BCUT2D eigenvalue weighted by Gasteiger charge is 2.22. The van der Waals surface area contributed by atoms with E-state index in [1.165, 1.54) is 4.80 Å². The minimum atomic E-state index is -0.214. The molecule has 0 atom stereocenters. The van der Waals surface area contributed by atoms with Crippen LogP contribution in [-0.4, -0.2) is 26.0 Å². The number of hydrogen-bond donors (Lipinski definition) is 3. The lowest BCUT2D eigenvalue weighted by Gasteiger charge is -2.22. The number of hydrogen-bond acceptors (Lipinski definition) is 5. The molecule has 3 N–H and O–H groups in total. The fourth-order valence-corrected chi connectivity index (χ4v) is 4.18. The van der Waals surface area contributed by atoms with Gasteiger partial charge in [-0.2, -0.15) is 0 Å². The van der Waals surface area contributed by atoms with Gasteiger partial charge in [0.25, 0.3) is 5.91 Å². The number of benzene rings is 4. The number of phenolic OH excluding ortho intramolecular Hbond substituents is 1. The van der Waals surface area contributed by atoms with E-state index >= 15 is 0 Å². The number of phenols is 1. The van der Waals surface area contributed by atoms with Gasteiger partial charge in [-0.1, -0.05) is 45.0 Å². The van der Waals surface area contributed by atoms with Gasteiger partial charge < -0.3 is 15.7 Å². The number of nitrogens with one attached hydrogen (secondary N) is 2. The Bertz CT molecular complexity index is 1580. The van der Waals surface area contributed by atoms with E-state index in [0.717, 1.165) is 28.0 Å². The Labute approximate surface area is 215 Å². The number of carbonyl (C=O) groups is 1. The smallest absolute Gasteiger partial charge is 0.255 e. The summed E-state index contributed by atoms with van der Waals surface area (Å²) in [6.07, 6.45) is 0. The minimum absolute atomic E-state index is 0.149. The zero-order valence-corrected chi connectivity index (χ0v) is 21.3. The highest BCUT2D eigenvalue weighted by molar-refractivity contribution is 6.04. The van der Waals surface area contributed by atoms with Crippen LogP contribution in [0.2, 0.25) is 0 Å². The summed E-state index contributed by atoms with van der Waals surface area (Å²) in [5, 5.41) is 26.5. The molecule has 0 aliphatic heterocycles. The van der Waals surface area contributed by atoms with E-state index in [0.29, 0.717) is 22.5 Å². The Morgan fingerprint density at radius 2 is 1.46 bits per heavy atom. The molecular formula is C30H29N5O2. The topological polar surface area (TPSA) is 92.1 Å². The predicted octanol–water partition coefficient (Wildman–Crippen LogP) is 6.73. The van der Waals surface area contributed by atoms with E-state index in [1.807, 2.05) is 79.7 Å². The van der Waals surface area contributed by atoms with E-state index in [1.54, 1.807) is 12.1 Å². The van der Waals surface area contributed by atoms with Crippen LogP contribution >= 0.6 is 0 Å². The molecular weight excluding hydrogens is 462 g/mol. The molecule has 0 saturated heterocycles. The fraction of sp³-hybridized carbons (Fsp3) is 0.167. The number of rotatable bonds is 5. The number of aromatic hydroxyl groups is 1. The molecule has 1 heterocycles. The first-order chi connectivity index (χ1) is 17.7. The monoisotopic (exact) mass is 491 g/mol. The van der Waals surface area contributed by atoms with Crippen LogP contribution < -0.4 is 10.6 Å². The van der Waals surface area contributed by atoms with Crippen molar-refractivity contribution in [2.75, 3.05) is 10.6 Å².